The molecule has 0 unspecified atom stereocenters. The van der Waals surface area contributed by atoms with Crippen molar-refractivity contribution < 1.29 is 14.1 Å². The zero-order valence-corrected chi connectivity index (χ0v) is 18.4. The van der Waals surface area contributed by atoms with Gasteiger partial charge in [-0.15, -0.1) is 0 Å². The van der Waals surface area contributed by atoms with Crippen LogP contribution in [0.1, 0.15) is 48.6 Å². The van der Waals surface area contributed by atoms with Crippen LogP contribution in [0.4, 0.5) is 0 Å². The van der Waals surface area contributed by atoms with E-state index in [0.29, 0.717) is 18.3 Å². The Labute approximate surface area is 182 Å². The zero-order chi connectivity index (χ0) is 21.8. The first kappa shape index (κ1) is 21.2. The lowest BCUT2D eigenvalue weighted by Gasteiger charge is -2.28. The molecule has 7 nitrogen and oxygen atoms in total. The lowest BCUT2D eigenvalue weighted by molar-refractivity contribution is -0.120. The van der Waals surface area contributed by atoms with Crippen LogP contribution in [0.25, 0.3) is 11.3 Å². The van der Waals surface area contributed by atoms with Gasteiger partial charge in [-0.05, 0) is 56.2 Å². The average Bonchev–Trinajstić information content (AvgIpc) is 3.38. The van der Waals surface area contributed by atoms with Gasteiger partial charge in [0.2, 0.25) is 5.91 Å². The summed E-state index contributed by atoms with van der Waals surface area (Å²) in [5.41, 5.74) is 4.01. The minimum absolute atomic E-state index is 0.0694. The summed E-state index contributed by atoms with van der Waals surface area (Å²) < 4.78 is 12.5. The maximum atomic E-state index is 12.3. The van der Waals surface area contributed by atoms with Crippen LogP contribution in [-0.4, -0.2) is 34.5 Å². The lowest BCUT2D eigenvalue weighted by atomic mass is 9.79. The molecule has 1 amide bonds. The van der Waals surface area contributed by atoms with Crippen LogP contribution in [-0.2, 0) is 18.3 Å². The smallest absolute Gasteiger partial charge is 0.224 e. The van der Waals surface area contributed by atoms with Gasteiger partial charge >= 0.3 is 0 Å². The number of rotatable bonds is 7. The average molecular weight is 423 g/mol. The number of methoxy groups -OCH3 is 1. The van der Waals surface area contributed by atoms with Gasteiger partial charge < -0.3 is 14.6 Å². The van der Waals surface area contributed by atoms with Crippen molar-refractivity contribution in [3.8, 4) is 17.1 Å². The van der Waals surface area contributed by atoms with E-state index in [4.69, 9.17) is 14.4 Å². The molecule has 0 spiro atoms. The molecule has 164 valence electrons. The molecule has 0 aliphatic heterocycles. The summed E-state index contributed by atoms with van der Waals surface area (Å²) in [6, 6.07) is 9.60. The third kappa shape index (κ3) is 5.16. The number of carbonyl (C=O) groups excluding carboxylic acids is 1. The highest BCUT2D eigenvalue weighted by Crippen LogP contribution is 2.39. The van der Waals surface area contributed by atoms with Crippen molar-refractivity contribution in [2.45, 2.75) is 44.9 Å². The van der Waals surface area contributed by atoms with E-state index in [1.165, 1.54) is 0 Å². The number of nitrogens with one attached hydrogen (secondary N) is 1. The molecule has 3 aromatic rings. The fraction of sp³-hybridized carbons (Fsp3) is 0.458. The second-order valence-corrected chi connectivity index (χ2v) is 8.48. The summed E-state index contributed by atoms with van der Waals surface area (Å²) in [7, 11) is 3.58. The topological polar surface area (TPSA) is 82.2 Å². The molecule has 1 aromatic carbocycles. The Morgan fingerprint density at radius 1 is 1.23 bits per heavy atom. The number of amides is 1. The Morgan fingerprint density at radius 3 is 2.61 bits per heavy atom. The Morgan fingerprint density at radius 2 is 1.97 bits per heavy atom. The molecule has 7 heteroatoms. The molecule has 1 aliphatic rings. The number of hydrogen-bond acceptors (Lipinski definition) is 5. The first-order valence-corrected chi connectivity index (χ1v) is 10.9. The Bertz CT molecular complexity index is 1010. The molecule has 0 atom stereocenters. The summed E-state index contributed by atoms with van der Waals surface area (Å²) in [5.74, 6) is 2.58. The number of nitrogens with zero attached hydrogens (tertiary/aromatic N) is 3. The SMILES string of the molecule is COc1ccc(CC(=O)NCC2CCC(c3nn(C)cc3-c3cc(C)no3)CC2)cc1. The highest BCUT2D eigenvalue weighted by Gasteiger charge is 2.28. The van der Waals surface area contributed by atoms with Gasteiger partial charge in [-0.25, -0.2) is 0 Å². The van der Waals surface area contributed by atoms with Crippen molar-refractivity contribution in [3.05, 3.63) is 53.5 Å². The van der Waals surface area contributed by atoms with Crippen molar-refractivity contribution in [1.29, 1.82) is 0 Å². The summed E-state index contributed by atoms with van der Waals surface area (Å²) in [6.07, 6.45) is 6.71. The number of ether oxygens (including phenoxy) is 1. The summed E-state index contributed by atoms with van der Waals surface area (Å²) in [4.78, 5) is 12.3. The quantitative estimate of drug-likeness (QED) is 0.622. The largest absolute Gasteiger partial charge is 0.497 e. The fourth-order valence-corrected chi connectivity index (χ4v) is 4.38. The monoisotopic (exact) mass is 422 g/mol. The first-order valence-electron chi connectivity index (χ1n) is 10.9. The highest BCUT2D eigenvalue weighted by molar-refractivity contribution is 5.78. The van der Waals surface area contributed by atoms with Crippen LogP contribution in [0, 0.1) is 12.8 Å². The van der Waals surface area contributed by atoms with Gasteiger partial charge in [0.1, 0.15) is 5.75 Å². The third-order valence-electron chi connectivity index (χ3n) is 6.10. The molecule has 1 saturated carbocycles. The minimum atomic E-state index is 0.0694. The molecule has 0 saturated heterocycles. The van der Waals surface area contributed by atoms with E-state index in [0.717, 1.165) is 66.3 Å². The van der Waals surface area contributed by atoms with Crippen LogP contribution < -0.4 is 10.1 Å². The van der Waals surface area contributed by atoms with Gasteiger partial charge in [0.25, 0.3) is 0 Å². The van der Waals surface area contributed by atoms with Crippen molar-refractivity contribution in [2.24, 2.45) is 13.0 Å². The Balaban J connectivity index is 1.28. The predicted molar refractivity (Wildman–Crippen MR) is 118 cm³/mol. The van der Waals surface area contributed by atoms with E-state index in [1.54, 1.807) is 7.11 Å². The van der Waals surface area contributed by atoms with E-state index >= 15 is 0 Å². The van der Waals surface area contributed by atoms with Crippen LogP contribution >= 0.6 is 0 Å². The van der Waals surface area contributed by atoms with Crippen molar-refractivity contribution >= 4 is 5.91 Å². The maximum Gasteiger partial charge on any atom is 0.224 e. The van der Waals surface area contributed by atoms with Crippen molar-refractivity contribution in [1.82, 2.24) is 20.3 Å². The van der Waals surface area contributed by atoms with Gasteiger partial charge in [-0.3, -0.25) is 9.48 Å². The molecule has 0 bridgehead atoms. The number of hydrogen-bond donors (Lipinski definition) is 1. The molecule has 1 fully saturated rings. The van der Waals surface area contributed by atoms with Gasteiger partial charge in [0.15, 0.2) is 5.76 Å². The van der Waals surface area contributed by atoms with Crippen LogP contribution in [0.5, 0.6) is 5.75 Å². The highest BCUT2D eigenvalue weighted by atomic mass is 16.5. The zero-order valence-electron chi connectivity index (χ0n) is 18.4. The Kier molecular flexibility index (Phi) is 6.39. The van der Waals surface area contributed by atoms with Crippen molar-refractivity contribution in [2.75, 3.05) is 13.7 Å². The second kappa shape index (κ2) is 9.37. The van der Waals surface area contributed by atoms with E-state index in [9.17, 15) is 4.79 Å². The first-order chi connectivity index (χ1) is 15.0. The maximum absolute atomic E-state index is 12.3. The van der Waals surface area contributed by atoms with E-state index in [-0.39, 0.29) is 5.91 Å². The summed E-state index contributed by atoms with van der Waals surface area (Å²) in [5, 5.41) is 11.9. The van der Waals surface area contributed by atoms with Gasteiger partial charge in [0, 0.05) is 31.8 Å². The van der Waals surface area contributed by atoms with Gasteiger partial charge in [0.05, 0.1) is 30.5 Å². The number of carbonyl (C=O) groups is 1. The molecular formula is C24H30N4O3. The number of aryl methyl sites for hydroxylation is 2. The lowest BCUT2D eigenvalue weighted by Crippen LogP contribution is -2.32. The second-order valence-electron chi connectivity index (χ2n) is 8.48. The predicted octanol–water partition coefficient (Wildman–Crippen LogP) is 4.02. The standard InChI is InChI=1S/C24H30N4O3/c1-16-12-22(31-27-16)21-15-28(2)26-24(21)19-8-4-18(5-9-19)14-25-23(29)13-17-6-10-20(30-3)11-7-17/h6-7,10-12,15,18-19H,4-5,8-9,13-14H2,1-3H3,(H,25,29). The number of aromatic nitrogens is 3. The molecule has 31 heavy (non-hydrogen) atoms. The molecule has 0 radical (unpaired) electrons. The molecule has 1 aliphatic carbocycles. The van der Waals surface area contributed by atoms with Crippen molar-refractivity contribution in [3.63, 3.8) is 0 Å². The third-order valence-corrected chi connectivity index (χ3v) is 6.10. The molecular weight excluding hydrogens is 392 g/mol. The Hall–Kier alpha value is -3.09. The van der Waals surface area contributed by atoms with E-state index in [2.05, 4.69) is 10.5 Å². The minimum Gasteiger partial charge on any atom is -0.497 e. The molecule has 1 N–H and O–H groups in total. The summed E-state index contributed by atoms with van der Waals surface area (Å²) in [6.45, 7) is 2.66. The molecule has 4 rings (SSSR count). The van der Waals surface area contributed by atoms with Crippen LogP contribution in [0.3, 0.4) is 0 Å². The van der Waals surface area contributed by atoms with Gasteiger partial charge in [-0.1, -0.05) is 17.3 Å². The van der Waals surface area contributed by atoms with E-state index in [1.807, 2.05) is 55.2 Å². The molecule has 2 aromatic heterocycles. The molecule has 2 heterocycles. The fourth-order valence-electron chi connectivity index (χ4n) is 4.38. The van der Waals surface area contributed by atoms with E-state index < -0.39 is 0 Å². The number of benzene rings is 1. The van der Waals surface area contributed by atoms with Gasteiger partial charge in [-0.2, -0.15) is 5.10 Å². The van der Waals surface area contributed by atoms with Crippen LogP contribution in [0.2, 0.25) is 0 Å². The summed E-state index contributed by atoms with van der Waals surface area (Å²) >= 11 is 0. The van der Waals surface area contributed by atoms with Crippen LogP contribution in [0.15, 0.2) is 41.1 Å². The normalized spacial score (nSPS) is 18.7.